The highest BCUT2D eigenvalue weighted by Crippen LogP contribution is 1.93. The number of amides is 2. The summed E-state index contributed by atoms with van der Waals surface area (Å²) in [5, 5.41) is 2.27. The number of carbonyl (C=O) groups is 4. The van der Waals surface area contributed by atoms with E-state index in [2.05, 4.69) is 14.8 Å². The van der Waals surface area contributed by atoms with E-state index in [0.29, 0.717) is 0 Å². The first kappa shape index (κ1) is 21.2. The van der Waals surface area contributed by atoms with Crippen LogP contribution in [0.5, 0.6) is 0 Å². The van der Waals surface area contributed by atoms with E-state index in [1.165, 1.54) is 6.92 Å². The third kappa shape index (κ3) is 9.41. The van der Waals surface area contributed by atoms with E-state index in [1.54, 1.807) is 0 Å². The van der Waals surface area contributed by atoms with Crippen LogP contribution in [0.15, 0.2) is 12.2 Å². The van der Waals surface area contributed by atoms with Gasteiger partial charge in [0.2, 0.25) is 5.91 Å². The molecule has 0 rings (SSSR count). The van der Waals surface area contributed by atoms with Gasteiger partial charge in [-0.25, -0.2) is 4.79 Å². The normalized spacial score (nSPS) is 12.7. The summed E-state index contributed by atoms with van der Waals surface area (Å²) in [5.41, 5.74) is 10.3. The van der Waals surface area contributed by atoms with Crippen molar-refractivity contribution >= 4 is 36.2 Å². The highest BCUT2D eigenvalue weighted by molar-refractivity contribution is 5.94. The van der Waals surface area contributed by atoms with E-state index in [1.807, 2.05) is 0 Å². The molecule has 2 atom stereocenters. The Morgan fingerprint density at radius 3 is 2.29 bits per heavy atom. The molecule has 0 radical (unpaired) electrons. The first-order chi connectivity index (χ1) is 9.27. The Kier molecular flexibility index (Phi) is 10.7. The molecule has 0 saturated carbocycles. The number of methoxy groups -OCH3 is 1. The quantitative estimate of drug-likeness (QED) is 0.362. The molecule has 0 bridgehead atoms. The van der Waals surface area contributed by atoms with Gasteiger partial charge in [-0.1, -0.05) is 0 Å². The number of ether oxygens (including phenoxy) is 2. The van der Waals surface area contributed by atoms with Crippen LogP contribution in [0.3, 0.4) is 0 Å². The SMILES string of the molecule is COC(=O)/C=C/C(=O)NC[C@H](N)C(=O)O[C@@H](C)C(N)=O.Cl. The second-order valence-corrected chi connectivity index (χ2v) is 3.69. The zero-order valence-corrected chi connectivity index (χ0v) is 12.3. The average Bonchev–Trinajstić information content (AvgIpc) is 2.41. The van der Waals surface area contributed by atoms with Gasteiger partial charge in [0.1, 0.15) is 6.04 Å². The molecule has 0 saturated heterocycles. The van der Waals surface area contributed by atoms with Crippen molar-refractivity contribution in [1.29, 1.82) is 0 Å². The third-order valence-electron chi connectivity index (χ3n) is 2.06. The summed E-state index contributed by atoms with van der Waals surface area (Å²) in [7, 11) is 1.16. The van der Waals surface area contributed by atoms with E-state index >= 15 is 0 Å². The van der Waals surface area contributed by atoms with Crippen molar-refractivity contribution in [2.75, 3.05) is 13.7 Å². The minimum absolute atomic E-state index is 0. The molecule has 0 aliphatic heterocycles. The van der Waals surface area contributed by atoms with Crippen molar-refractivity contribution in [3.63, 3.8) is 0 Å². The van der Waals surface area contributed by atoms with Gasteiger partial charge in [0, 0.05) is 18.7 Å². The third-order valence-corrected chi connectivity index (χ3v) is 2.06. The Morgan fingerprint density at radius 1 is 1.24 bits per heavy atom. The maximum atomic E-state index is 11.4. The standard InChI is InChI=1S/C11H17N3O6.ClH/c1-6(10(13)17)20-11(18)7(12)5-14-8(15)3-4-9(16)19-2;/h3-4,6-7H,5,12H2,1-2H3,(H2,13,17)(H,14,15);1H/b4-3+;/t6-,7-;/m0./s1. The van der Waals surface area contributed by atoms with Gasteiger partial charge in [-0.15, -0.1) is 12.4 Å². The zero-order chi connectivity index (χ0) is 15.7. The van der Waals surface area contributed by atoms with Gasteiger partial charge in [-0.2, -0.15) is 0 Å². The molecule has 2 amide bonds. The minimum atomic E-state index is -1.16. The molecule has 0 spiro atoms. The van der Waals surface area contributed by atoms with Crippen LogP contribution in [0.2, 0.25) is 0 Å². The molecule has 21 heavy (non-hydrogen) atoms. The summed E-state index contributed by atoms with van der Waals surface area (Å²) >= 11 is 0. The largest absolute Gasteiger partial charge is 0.466 e. The Bertz CT molecular complexity index is 426. The van der Waals surface area contributed by atoms with Crippen molar-refractivity contribution in [1.82, 2.24) is 5.32 Å². The second kappa shape index (κ2) is 10.6. The van der Waals surface area contributed by atoms with Crippen LogP contribution in [0.1, 0.15) is 6.92 Å². The molecule has 10 heteroatoms. The molecule has 9 nitrogen and oxygen atoms in total. The fourth-order valence-electron chi connectivity index (χ4n) is 0.884. The van der Waals surface area contributed by atoms with Gasteiger partial charge in [-0.3, -0.25) is 14.4 Å². The predicted molar refractivity (Wildman–Crippen MR) is 74.1 cm³/mol. The lowest BCUT2D eigenvalue weighted by Crippen LogP contribution is -2.45. The molecule has 0 aromatic rings. The Balaban J connectivity index is 0. The van der Waals surface area contributed by atoms with Crippen molar-refractivity contribution in [3.05, 3.63) is 12.2 Å². The lowest BCUT2D eigenvalue weighted by molar-refractivity contribution is -0.155. The van der Waals surface area contributed by atoms with Gasteiger partial charge in [0.15, 0.2) is 6.10 Å². The average molecular weight is 324 g/mol. The summed E-state index contributed by atoms with van der Waals surface area (Å²) in [5.74, 6) is -3.02. The molecular formula is C11H18ClN3O6. The summed E-state index contributed by atoms with van der Waals surface area (Å²) < 4.78 is 8.92. The summed E-state index contributed by atoms with van der Waals surface area (Å²) in [6.07, 6.45) is 0.730. The second-order valence-electron chi connectivity index (χ2n) is 3.69. The van der Waals surface area contributed by atoms with Crippen molar-refractivity contribution in [2.45, 2.75) is 19.1 Å². The number of rotatable bonds is 7. The van der Waals surface area contributed by atoms with E-state index in [4.69, 9.17) is 11.5 Å². The Labute approximate surface area is 127 Å². The zero-order valence-electron chi connectivity index (χ0n) is 11.5. The topological polar surface area (TPSA) is 151 Å². The maximum Gasteiger partial charge on any atom is 0.330 e. The van der Waals surface area contributed by atoms with Crippen LogP contribution in [0.25, 0.3) is 0 Å². The highest BCUT2D eigenvalue weighted by atomic mass is 35.5. The number of nitrogens with one attached hydrogen (secondary N) is 1. The number of nitrogens with two attached hydrogens (primary N) is 2. The van der Waals surface area contributed by atoms with Gasteiger partial charge in [-0.05, 0) is 6.92 Å². The summed E-state index contributed by atoms with van der Waals surface area (Å²) in [6, 6.07) is -1.16. The van der Waals surface area contributed by atoms with E-state index in [-0.39, 0.29) is 19.0 Å². The smallest absolute Gasteiger partial charge is 0.330 e. The lowest BCUT2D eigenvalue weighted by Gasteiger charge is -2.14. The van der Waals surface area contributed by atoms with Gasteiger partial charge < -0.3 is 26.3 Å². The fourth-order valence-corrected chi connectivity index (χ4v) is 0.884. The fraction of sp³-hybridized carbons (Fsp3) is 0.455. The van der Waals surface area contributed by atoms with E-state index in [0.717, 1.165) is 19.3 Å². The number of hydrogen-bond donors (Lipinski definition) is 3. The molecule has 0 aliphatic carbocycles. The highest BCUT2D eigenvalue weighted by Gasteiger charge is 2.20. The van der Waals surface area contributed by atoms with E-state index < -0.39 is 35.9 Å². The maximum absolute atomic E-state index is 11.4. The number of primary amides is 1. The first-order valence-electron chi connectivity index (χ1n) is 5.57. The number of halogens is 1. The first-order valence-corrected chi connectivity index (χ1v) is 5.57. The van der Waals surface area contributed by atoms with Crippen molar-refractivity contribution < 1.29 is 28.7 Å². The van der Waals surface area contributed by atoms with Gasteiger partial charge >= 0.3 is 11.9 Å². The van der Waals surface area contributed by atoms with Crippen molar-refractivity contribution in [3.8, 4) is 0 Å². The molecule has 5 N–H and O–H groups in total. The van der Waals surface area contributed by atoms with Crippen LogP contribution in [-0.2, 0) is 28.7 Å². The summed E-state index contributed by atoms with van der Waals surface area (Å²) in [6.45, 7) is 1.07. The van der Waals surface area contributed by atoms with Crippen LogP contribution in [0.4, 0.5) is 0 Å². The van der Waals surface area contributed by atoms with Crippen LogP contribution >= 0.6 is 12.4 Å². The molecule has 0 aromatic carbocycles. The monoisotopic (exact) mass is 323 g/mol. The minimum Gasteiger partial charge on any atom is -0.466 e. The molecule has 0 fully saturated rings. The van der Waals surface area contributed by atoms with Gasteiger partial charge in [0.05, 0.1) is 7.11 Å². The van der Waals surface area contributed by atoms with Crippen LogP contribution < -0.4 is 16.8 Å². The molecule has 0 heterocycles. The molecule has 0 unspecified atom stereocenters. The Hall–Kier alpha value is -2.13. The molecule has 0 aliphatic rings. The number of hydrogen-bond acceptors (Lipinski definition) is 7. The number of carbonyl (C=O) groups excluding carboxylic acids is 4. The van der Waals surface area contributed by atoms with Crippen LogP contribution in [0, 0.1) is 0 Å². The lowest BCUT2D eigenvalue weighted by atomic mass is 10.3. The van der Waals surface area contributed by atoms with Gasteiger partial charge in [0.25, 0.3) is 5.91 Å². The molecule has 0 aromatic heterocycles. The summed E-state index contributed by atoms with van der Waals surface area (Å²) in [4.78, 5) is 44.0. The van der Waals surface area contributed by atoms with Crippen molar-refractivity contribution in [2.24, 2.45) is 11.5 Å². The number of esters is 2. The van der Waals surface area contributed by atoms with Crippen LogP contribution in [-0.4, -0.2) is 49.6 Å². The molecular weight excluding hydrogens is 306 g/mol. The predicted octanol–water partition coefficient (Wildman–Crippen LogP) is -2.00. The van der Waals surface area contributed by atoms with E-state index in [9.17, 15) is 19.2 Å². The molecule has 120 valence electrons. The Morgan fingerprint density at radius 2 is 1.81 bits per heavy atom.